The Morgan fingerprint density at radius 2 is 1.92 bits per heavy atom. The third-order valence-electron chi connectivity index (χ3n) is 6.33. The van der Waals surface area contributed by atoms with Crippen LogP contribution in [0.4, 0.5) is 5.82 Å². The Bertz CT molecular complexity index is 1140. The van der Waals surface area contributed by atoms with E-state index in [1.807, 2.05) is 43.3 Å². The number of nitrogens with one attached hydrogen (secondary N) is 3. The molecule has 0 saturated carbocycles. The van der Waals surface area contributed by atoms with Gasteiger partial charge in [0.25, 0.3) is 0 Å². The summed E-state index contributed by atoms with van der Waals surface area (Å²) in [5.41, 5.74) is 4.14. The third kappa shape index (κ3) is 9.22. The molecule has 0 saturated heterocycles. The Morgan fingerprint density at radius 1 is 1.14 bits per heavy atom. The highest BCUT2D eigenvalue weighted by atomic mass is 16.4. The lowest BCUT2D eigenvalue weighted by Gasteiger charge is -2.20. The highest BCUT2D eigenvalue weighted by Crippen LogP contribution is 2.30. The molecule has 8 heteroatoms. The van der Waals surface area contributed by atoms with Crippen LogP contribution in [0.25, 0.3) is 5.57 Å². The maximum Gasteiger partial charge on any atom is 0.305 e. The number of aryl methyl sites for hydroxylation is 1. The van der Waals surface area contributed by atoms with Crippen molar-refractivity contribution in [3.63, 3.8) is 0 Å². The number of carbonyl (C=O) groups is 3. The highest BCUT2D eigenvalue weighted by Gasteiger charge is 2.19. The first kappa shape index (κ1) is 27.6. The molecule has 0 radical (unpaired) electrons. The van der Waals surface area contributed by atoms with Crippen LogP contribution in [0.15, 0.2) is 60.8 Å². The van der Waals surface area contributed by atoms with Crippen LogP contribution in [0.1, 0.15) is 61.8 Å². The van der Waals surface area contributed by atoms with Gasteiger partial charge >= 0.3 is 5.97 Å². The van der Waals surface area contributed by atoms with Gasteiger partial charge in [0.1, 0.15) is 5.82 Å². The molecule has 3 rings (SSSR count). The van der Waals surface area contributed by atoms with Crippen LogP contribution in [0.2, 0.25) is 0 Å². The van der Waals surface area contributed by atoms with E-state index in [1.54, 1.807) is 6.20 Å². The van der Waals surface area contributed by atoms with E-state index in [9.17, 15) is 19.5 Å². The minimum Gasteiger partial charge on any atom is -0.481 e. The van der Waals surface area contributed by atoms with E-state index in [2.05, 4.69) is 46.1 Å². The molecule has 2 amide bonds. The Balaban J connectivity index is 1.46. The molecule has 2 atom stereocenters. The molecule has 1 aromatic heterocycles. The maximum atomic E-state index is 12.5. The molecule has 0 spiro atoms. The summed E-state index contributed by atoms with van der Waals surface area (Å²) in [7, 11) is 0. The van der Waals surface area contributed by atoms with Gasteiger partial charge in [0, 0.05) is 19.2 Å². The minimum atomic E-state index is -1.01. The summed E-state index contributed by atoms with van der Waals surface area (Å²) in [5.74, 6) is -0.407. The van der Waals surface area contributed by atoms with Crippen LogP contribution < -0.4 is 16.0 Å². The van der Waals surface area contributed by atoms with E-state index in [1.165, 1.54) is 5.57 Å². The summed E-state index contributed by atoms with van der Waals surface area (Å²) < 4.78 is 0. The predicted octanol–water partition coefficient (Wildman–Crippen LogP) is 4.40. The summed E-state index contributed by atoms with van der Waals surface area (Å²) in [4.78, 5) is 40.3. The summed E-state index contributed by atoms with van der Waals surface area (Å²) >= 11 is 0. The van der Waals surface area contributed by atoms with Crippen molar-refractivity contribution in [3.8, 4) is 0 Å². The first-order chi connectivity index (χ1) is 17.8. The predicted molar refractivity (Wildman–Crippen MR) is 145 cm³/mol. The second-order valence-electron chi connectivity index (χ2n) is 9.31. The third-order valence-corrected chi connectivity index (χ3v) is 6.33. The average Bonchev–Trinajstić information content (AvgIpc) is 2.89. The van der Waals surface area contributed by atoms with Crippen molar-refractivity contribution in [2.45, 2.75) is 52.0 Å². The fourth-order valence-corrected chi connectivity index (χ4v) is 4.21. The Kier molecular flexibility index (Phi) is 10.4. The van der Waals surface area contributed by atoms with Crippen molar-refractivity contribution < 1.29 is 19.5 Å². The standard InChI is InChI=1S/C29H36N4O4/c1-3-21-6-4-7-24(17-21)22-9-11-23(12-10-22)25(18-29(36)37)33-28(35)19-32-27(34)8-5-14-30-26-16-20(2)13-15-31-26/h4,6-7,9-13,15-16,21,25H,3,5,8,14,17-19H2,1-2H3,(H,30,31)(H,32,34)(H,33,35)(H,36,37). The van der Waals surface area contributed by atoms with E-state index in [-0.39, 0.29) is 25.3 Å². The molecule has 0 bridgehead atoms. The van der Waals surface area contributed by atoms with Gasteiger partial charge in [0.15, 0.2) is 0 Å². The zero-order chi connectivity index (χ0) is 26.6. The number of benzene rings is 1. The summed E-state index contributed by atoms with van der Waals surface area (Å²) in [6.07, 6.45) is 10.8. The summed E-state index contributed by atoms with van der Waals surface area (Å²) in [6.45, 7) is 4.52. The fourth-order valence-electron chi connectivity index (χ4n) is 4.21. The molecule has 2 unspecified atom stereocenters. The van der Waals surface area contributed by atoms with Gasteiger partial charge in [-0.3, -0.25) is 14.4 Å². The second kappa shape index (κ2) is 14.0. The molecule has 2 aromatic rings. The number of carbonyl (C=O) groups excluding carboxylic acids is 2. The van der Waals surface area contributed by atoms with Crippen molar-refractivity contribution in [2.24, 2.45) is 5.92 Å². The molecule has 8 nitrogen and oxygen atoms in total. The number of amides is 2. The quantitative estimate of drug-likeness (QED) is 0.300. The van der Waals surface area contributed by atoms with Crippen LogP contribution >= 0.6 is 0 Å². The molecule has 37 heavy (non-hydrogen) atoms. The van der Waals surface area contributed by atoms with Crippen LogP contribution in [-0.2, 0) is 14.4 Å². The van der Waals surface area contributed by atoms with Gasteiger partial charge in [-0.15, -0.1) is 0 Å². The zero-order valence-corrected chi connectivity index (χ0v) is 21.5. The molecule has 1 heterocycles. The number of nitrogens with zero attached hydrogens (tertiary/aromatic N) is 1. The number of rotatable bonds is 13. The second-order valence-corrected chi connectivity index (χ2v) is 9.31. The maximum absolute atomic E-state index is 12.5. The minimum absolute atomic E-state index is 0.211. The molecular formula is C29H36N4O4. The monoisotopic (exact) mass is 504 g/mol. The largest absolute Gasteiger partial charge is 0.481 e. The van der Waals surface area contributed by atoms with Crippen LogP contribution in [0.3, 0.4) is 0 Å². The SMILES string of the molecule is CCC1C=CC=C(c2ccc(C(CC(=O)O)NC(=O)CNC(=O)CCCNc3cc(C)ccn3)cc2)C1. The average molecular weight is 505 g/mol. The van der Waals surface area contributed by atoms with Crippen LogP contribution in [0, 0.1) is 12.8 Å². The van der Waals surface area contributed by atoms with Crippen molar-refractivity contribution in [1.29, 1.82) is 0 Å². The number of anilines is 1. The fraction of sp³-hybridized carbons (Fsp3) is 0.379. The number of hydrogen-bond acceptors (Lipinski definition) is 5. The molecule has 0 fully saturated rings. The van der Waals surface area contributed by atoms with E-state index in [0.29, 0.717) is 24.4 Å². The number of aliphatic carboxylic acids is 1. The Morgan fingerprint density at radius 3 is 2.62 bits per heavy atom. The van der Waals surface area contributed by atoms with Gasteiger partial charge in [-0.2, -0.15) is 0 Å². The molecule has 196 valence electrons. The molecular weight excluding hydrogens is 468 g/mol. The van der Waals surface area contributed by atoms with Gasteiger partial charge in [0.2, 0.25) is 11.8 Å². The topological polar surface area (TPSA) is 120 Å². The first-order valence-corrected chi connectivity index (χ1v) is 12.8. The number of carboxylic acids is 1. The normalized spacial score (nSPS) is 15.4. The van der Waals surface area contributed by atoms with Crippen LogP contribution in [-0.4, -0.2) is 41.0 Å². The van der Waals surface area contributed by atoms with E-state index < -0.39 is 17.9 Å². The first-order valence-electron chi connectivity index (χ1n) is 12.8. The van der Waals surface area contributed by atoms with Gasteiger partial charge < -0.3 is 21.1 Å². The number of pyridine rings is 1. The molecule has 1 aromatic carbocycles. The molecule has 1 aliphatic carbocycles. The van der Waals surface area contributed by atoms with Crippen molar-refractivity contribution >= 4 is 29.2 Å². The number of hydrogen-bond donors (Lipinski definition) is 4. The Labute approximate surface area is 218 Å². The number of carboxylic acid groups (broad SMARTS) is 1. The van der Waals surface area contributed by atoms with Crippen LogP contribution in [0.5, 0.6) is 0 Å². The van der Waals surface area contributed by atoms with E-state index in [4.69, 9.17) is 0 Å². The van der Waals surface area contributed by atoms with Crippen molar-refractivity contribution in [3.05, 3.63) is 77.5 Å². The van der Waals surface area contributed by atoms with Gasteiger partial charge in [0.05, 0.1) is 19.0 Å². The van der Waals surface area contributed by atoms with Gasteiger partial charge in [-0.05, 0) is 66.5 Å². The lowest BCUT2D eigenvalue weighted by Crippen LogP contribution is -2.39. The van der Waals surface area contributed by atoms with Crippen molar-refractivity contribution in [1.82, 2.24) is 15.6 Å². The number of allylic oxidation sites excluding steroid dienone is 4. The highest BCUT2D eigenvalue weighted by molar-refractivity contribution is 5.85. The molecule has 0 aliphatic heterocycles. The van der Waals surface area contributed by atoms with E-state index >= 15 is 0 Å². The van der Waals surface area contributed by atoms with Gasteiger partial charge in [-0.25, -0.2) is 4.98 Å². The Hall–Kier alpha value is -3.94. The lowest BCUT2D eigenvalue weighted by molar-refractivity contribution is -0.138. The molecule has 1 aliphatic rings. The van der Waals surface area contributed by atoms with Gasteiger partial charge in [-0.1, -0.05) is 49.4 Å². The molecule has 4 N–H and O–H groups in total. The summed E-state index contributed by atoms with van der Waals surface area (Å²) in [6, 6.07) is 10.8. The van der Waals surface area contributed by atoms with E-state index in [0.717, 1.165) is 29.8 Å². The zero-order valence-electron chi connectivity index (χ0n) is 21.5. The summed E-state index contributed by atoms with van der Waals surface area (Å²) in [5, 5.41) is 17.9. The number of aromatic nitrogens is 1. The lowest BCUT2D eigenvalue weighted by atomic mass is 9.88. The van der Waals surface area contributed by atoms with Crippen molar-refractivity contribution in [2.75, 3.05) is 18.4 Å². The smallest absolute Gasteiger partial charge is 0.305 e.